The zero-order chi connectivity index (χ0) is 9.26. The van der Waals surface area contributed by atoms with Gasteiger partial charge in [-0.2, -0.15) is 0 Å². The van der Waals surface area contributed by atoms with Gasteiger partial charge in [0, 0.05) is 17.6 Å². The minimum Gasteiger partial charge on any atom is -0.301 e. The molecule has 1 heterocycles. The maximum atomic E-state index is 4.26. The predicted octanol–water partition coefficient (Wildman–Crippen LogP) is 2.49. The Balaban J connectivity index is 2.59. The molecular weight excluding hydrogens is 160 g/mol. The molecular formula is C11H12N2. The van der Waals surface area contributed by atoms with Gasteiger partial charge in [0.05, 0.1) is 0 Å². The second-order valence-electron chi connectivity index (χ2n) is 3.12. The van der Waals surface area contributed by atoms with Gasteiger partial charge in [-0.15, -0.1) is 0 Å². The first-order valence-electron chi connectivity index (χ1n) is 4.35. The Morgan fingerprint density at radius 1 is 1.08 bits per heavy atom. The van der Waals surface area contributed by atoms with E-state index in [1.54, 1.807) is 0 Å². The highest BCUT2D eigenvalue weighted by Gasteiger charge is 2.02. The van der Waals surface area contributed by atoms with Crippen molar-refractivity contribution < 1.29 is 0 Å². The van der Waals surface area contributed by atoms with Crippen molar-refractivity contribution in [1.82, 2.24) is 9.55 Å². The topological polar surface area (TPSA) is 17.8 Å². The first kappa shape index (κ1) is 8.05. The van der Waals surface area contributed by atoms with Crippen LogP contribution in [0.2, 0.25) is 0 Å². The number of rotatable bonds is 1. The molecule has 0 saturated carbocycles. The van der Waals surface area contributed by atoms with Crippen LogP contribution in [0.1, 0.15) is 11.5 Å². The lowest BCUT2D eigenvalue weighted by Gasteiger charge is -2.06. The van der Waals surface area contributed by atoms with Crippen LogP contribution in [-0.2, 0) is 0 Å². The van der Waals surface area contributed by atoms with Crippen LogP contribution < -0.4 is 0 Å². The summed E-state index contributed by atoms with van der Waals surface area (Å²) >= 11 is 0. The molecule has 0 saturated heterocycles. The molecule has 1 aromatic carbocycles. The number of imidazole rings is 1. The summed E-state index contributed by atoms with van der Waals surface area (Å²) in [4.78, 5) is 4.26. The standard InChI is InChI=1S/C11H12N2/c1-9-8-12-10(2)13(9)11-6-4-3-5-7-11/h3-8H,1-2H3. The highest BCUT2D eigenvalue weighted by Crippen LogP contribution is 2.12. The van der Waals surface area contributed by atoms with Crippen LogP contribution in [0.3, 0.4) is 0 Å². The summed E-state index contributed by atoms with van der Waals surface area (Å²) in [5.41, 5.74) is 2.35. The van der Waals surface area contributed by atoms with Crippen molar-refractivity contribution in [2.45, 2.75) is 13.8 Å². The van der Waals surface area contributed by atoms with Crippen molar-refractivity contribution in [1.29, 1.82) is 0 Å². The normalized spacial score (nSPS) is 10.3. The fraction of sp³-hybridized carbons (Fsp3) is 0.182. The number of hydrogen-bond acceptors (Lipinski definition) is 1. The Labute approximate surface area is 77.9 Å². The molecule has 2 aromatic rings. The lowest BCUT2D eigenvalue weighted by Crippen LogP contribution is -1.98. The molecule has 0 aliphatic carbocycles. The summed E-state index contributed by atoms with van der Waals surface area (Å²) in [6, 6.07) is 10.3. The van der Waals surface area contributed by atoms with Crippen molar-refractivity contribution in [2.24, 2.45) is 0 Å². The third-order valence-electron chi connectivity index (χ3n) is 2.13. The summed E-state index contributed by atoms with van der Waals surface area (Å²) in [7, 11) is 0. The Morgan fingerprint density at radius 3 is 2.31 bits per heavy atom. The minimum absolute atomic E-state index is 1.03. The van der Waals surface area contributed by atoms with Crippen molar-refractivity contribution in [3.8, 4) is 5.69 Å². The van der Waals surface area contributed by atoms with Crippen molar-refractivity contribution in [3.63, 3.8) is 0 Å². The second kappa shape index (κ2) is 3.05. The Bertz CT molecular complexity index is 382. The van der Waals surface area contributed by atoms with E-state index in [1.165, 1.54) is 11.4 Å². The van der Waals surface area contributed by atoms with Crippen LogP contribution in [0.4, 0.5) is 0 Å². The fourth-order valence-corrected chi connectivity index (χ4v) is 1.53. The Kier molecular flexibility index (Phi) is 1.89. The van der Waals surface area contributed by atoms with Gasteiger partial charge in [-0.25, -0.2) is 4.98 Å². The van der Waals surface area contributed by atoms with E-state index in [9.17, 15) is 0 Å². The Morgan fingerprint density at radius 2 is 1.77 bits per heavy atom. The molecule has 0 unspecified atom stereocenters. The fourth-order valence-electron chi connectivity index (χ4n) is 1.53. The SMILES string of the molecule is Cc1cnc(C)n1-c1ccccc1. The number of aryl methyl sites for hydroxylation is 2. The molecule has 0 aliphatic rings. The highest BCUT2D eigenvalue weighted by molar-refractivity contribution is 5.34. The Hall–Kier alpha value is -1.57. The second-order valence-corrected chi connectivity index (χ2v) is 3.12. The van der Waals surface area contributed by atoms with Gasteiger partial charge >= 0.3 is 0 Å². The van der Waals surface area contributed by atoms with E-state index < -0.39 is 0 Å². The van der Waals surface area contributed by atoms with Gasteiger partial charge < -0.3 is 4.57 Å². The third kappa shape index (κ3) is 1.35. The molecule has 66 valence electrons. The van der Waals surface area contributed by atoms with Crippen LogP contribution >= 0.6 is 0 Å². The average molecular weight is 172 g/mol. The first-order chi connectivity index (χ1) is 6.29. The smallest absolute Gasteiger partial charge is 0.110 e. The van der Waals surface area contributed by atoms with E-state index >= 15 is 0 Å². The highest BCUT2D eigenvalue weighted by atomic mass is 15.1. The molecule has 0 fully saturated rings. The quantitative estimate of drug-likeness (QED) is 0.646. The number of benzene rings is 1. The molecule has 1 aromatic heterocycles. The van der Waals surface area contributed by atoms with Crippen LogP contribution in [-0.4, -0.2) is 9.55 Å². The van der Waals surface area contributed by atoms with Crippen molar-refractivity contribution >= 4 is 0 Å². The lowest BCUT2D eigenvalue weighted by molar-refractivity contribution is 0.941. The molecule has 0 N–H and O–H groups in total. The lowest BCUT2D eigenvalue weighted by atomic mass is 10.3. The zero-order valence-corrected chi connectivity index (χ0v) is 7.86. The van der Waals surface area contributed by atoms with E-state index in [0.717, 1.165) is 5.82 Å². The van der Waals surface area contributed by atoms with Gasteiger partial charge in [-0.1, -0.05) is 18.2 Å². The maximum Gasteiger partial charge on any atom is 0.110 e. The number of aromatic nitrogens is 2. The summed E-state index contributed by atoms with van der Waals surface area (Å²) < 4.78 is 2.14. The summed E-state index contributed by atoms with van der Waals surface area (Å²) in [5.74, 6) is 1.03. The molecule has 0 amide bonds. The summed E-state index contributed by atoms with van der Waals surface area (Å²) in [5, 5.41) is 0. The molecule has 13 heavy (non-hydrogen) atoms. The van der Waals surface area contributed by atoms with Crippen LogP contribution in [0.15, 0.2) is 36.5 Å². The van der Waals surface area contributed by atoms with Gasteiger partial charge in [0.1, 0.15) is 5.82 Å². The van der Waals surface area contributed by atoms with Gasteiger partial charge in [0.25, 0.3) is 0 Å². The van der Waals surface area contributed by atoms with Crippen molar-refractivity contribution in [2.75, 3.05) is 0 Å². The predicted molar refractivity (Wildman–Crippen MR) is 53.0 cm³/mol. The van der Waals surface area contributed by atoms with E-state index in [4.69, 9.17) is 0 Å². The minimum atomic E-state index is 1.03. The number of hydrogen-bond donors (Lipinski definition) is 0. The molecule has 2 nitrogen and oxygen atoms in total. The van der Waals surface area contributed by atoms with E-state index in [-0.39, 0.29) is 0 Å². The van der Waals surface area contributed by atoms with Crippen molar-refractivity contribution in [3.05, 3.63) is 48.0 Å². The van der Waals surface area contributed by atoms with E-state index in [2.05, 4.69) is 28.6 Å². The molecule has 2 heteroatoms. The van der Waals surface area contributed by atoms with Crippen LogP contribution in [0.5, 0.6) is 0 Å². The van der Waals surface area contributed by atoms with Crippen LogP contribution in [0.25, 0.3) is 5.69 Å². The molecule has 0 radical (unpaired) electrons. The molecule has 0 spiro atoms. The molecule has 2 rings (SSSR count). The number of nitrogens with zero attached hydrogens (tertiary/aromatic N) is 2. The monoisotopic (exact) mass is 172 g/mol. The summed E-state index contributed by atoms with van der Waals surface area (Å²) in [6.45, 7) is 4.08. The average Bonchev–Trinajstić information content (AvgIpc) is 2.48. The molecule has 0 bridgehead atoms. The molecule has 0 aliphatic heterocycles. The molecule has 0 atom stereocenters. The number of para-hydroxylation sites is 1. The van der Waals surface area contributed by atoms with Gasteiger partial charge in [-0.05, 0) is 26.0 Å². The van der Waals surface area contributed by atoms with E-state index in [0.29, 0.717) is 0 Å². The van der Waals surface area contributed by atoms with Crippen LogP contribution in [0, 0.1) is 13.8 Å². The van der Waals surface area contributed by atoms with Gasteiger partial charge in [-0.3, -0.25) is 0 Å². The summed E-state index contributed by atoms with van der Waals surface area (Å²) in [6.07, 6.45) is 1.89. The maximum absolute atomic E-state index is 4.26. The first-order valence-corrected chi connectivity index (χ1v) is 4.35. The third-order valence-corrected chi connectivity index (χ3v) is 2.13. The largest absolute Gasteiger partial charge is 0.301 e. The van der Waals surface area contributed by atoms with Gasteiger partial charge in [0.2, 0.25) is 0 Å². The zero-order valence-electron chi connectivity index (χ0n) is 7.86. The van der Waals surface area contributed by atoms with E-state index in [1.807, 2.05) is 31.3 Å². The van der Waals surface area contributed by atoms with Gasteiger partial charge in [0.15, 0.2) is 0 Å².